The van der Waals surface area contributed by atoms with Crippen LogP contribution in [0.3, 0.4) is 0 Å². The molecule has 0 bridgehead atoms. The fourth-order valence-electron chi connectivity index (χ4n) is 2.57. The highest BCUT2D eigenvalue weighted by Crippen LogP contribution is 2.22. The Morgan fingerprint density at radius 3 is 2.76 bits per heavy atom. The van der Waals surface area contributed by atoms with Crippen LogP contribution >= 0.6 is 0 Å². The van der Waals surface area contributed by atoms with Crippen molar-refractivity contribution in [3.63, 3.8) is 0 Å². The second kappa shape index (κ2) is 6.43. The predicted molar refractivity (Wildman–Crippen MR) is 83.0 cm³/mol. The largest absolute Gasteiger partial charge is 0.399 e. The third kappa shape index (κ3) is 3.84. The molecule has 0 aromatic heterocycles. The van der Waals surface area contributed by atoms with E-state index >= 15 is 0 Å². The van der Waals surface area contributed by atoms with Crippen LogP contribution in [0.4, 0.5) is 5.69 Å². The van der Waals surface area contributed by atoms with Gasteiger partial charge in [-0.15, -0.1) is 0 Å². The van der Waals surface area contributed by atoms with E-state index in [9.17, 15) is 9.59 Å². The molecule has 2 unspecified atom stereocenters. The van der Waals surface area contributed by atoms with Crippen molar-refractivity contribution in [2.75, 3.05) is 12.3 Å². The topological polar surface area (TPSA) is 89.4 Å². The van der Waals surface area contributed by atoms with E-state index in [1.54, 1.807) is 23.1 Å². The summed E-state index contributed by atoms with van der Waals surface area (Å²) in [6.07, 6.45) is 4.80. The van der Waals surface area contributed by atoms with Crippen molar-refractivity contribution in [1.29, 1.82) is 0 Å². The number of nitrogen functional groups attached to an aromatic ring is 1. The van der Waals surface area contributed by atoms with Crippen LogP contribution < -0.4 is 11.5 Å². The molecule has 1 saturated heterocycles. The van der Waals surface area contributed by atoms with Crippen LogP contribution in [0.1, 0.15) is 25.3 Å². The van der Waals surface area contributed by atoms with E-state index in [-0.39, 0.29) is 23.8 Å². The fourth-order valence-corrected chi connectivity index (χ4v) is 2.57. The SMILES string of the molecule is CC1CCC(C(N)=O)CN1C(=O)/C=C/c1cccc(N)c1. The number of likely N-dealkylation sites (tertiary alicyclic amines) is 1. The third-order valence-electron chi connectivity index (χ3n) is 3.90. The minimum atomic E-state index is -0.334. The lowest BCUT2D eigenvalue weighted by atomic mass is 9.93. The number of hydrogen-bond acceptors (Lipinski definition) is 3. The van der Waals surface area contributed by atoms with E-state index in [1.165, 1.54) is 6.08 Å². The molecule has 0 saturated carbocycles. The van der Waals surface area contributed by atoms with E-state index in [0.717, 1.165) is 18.4 Å². The van der Waals surface area contributed by atoms with Gasteiger partial charge in [0.2, 0.25) is 11.8 Å². The van der Waals surface area contributed by atoms with Crippen LogP contribution in [0.2, 0.25) is 0 Å². The zero-order valence-corrected chi connectivity index (χ0v) is 12.2. The van der Waals surface area contributed by atoms with Crippen molar-refractivity contribution in [3.8, 4) is 0 Å². The smallest absolute Gasteiger partial charge is 0.246 e. The molecule has 2 rings (SSSR count). The molecule has 4 N–H and O–H groups in total. The number of piperidine rings is 1. The minimum absolute atomic E-state index is 0.101. The molecule has 1 fully saturated rings. The number of rotatable bonds is 3. The van der Waals surface area contributed by atoms with Crippen molar-refractivity contribution >= 4 is 23.6 Å². The molecule has 2 amide bonds. The lowest BCUT2D eigenvalue weighted by Crippen LogP contribution is -2.48. The van der Waals surface area contributed by atoms with Gasteiger partial charge in [-0.2, -0.15) is 0 Å². The molecule has 2 atom stereocenters. The van der Waals surface area contributed by atoms with E-state index in [2.05, 4.69) is 0 Å². The summed E-state index contributed by atoms with van der Waals surface area (Å²) in [5, 5.41) is 0. The van der Waals surface area contributed by atoms with Crippen LogP contribution in [-0.2, 0) is 9.59 Å². The highest BCUT2D eigenvalue weighted by Gasteiger charge is 2.30. The van der Waals surface area contributed by atoms with Crippen molar-refractivity contribution in [2.24, 2.45) is 11.7 Å². The molecular formula is C16H21N3O2. The van der Waals surface area contributed by atoms with Gasteiger partial charge in [0.25, 0.3) is 0 Å². The molecule has 112 valence electrons. The summed E-state index contributed by atoms with van der Waals surface area (Å²) in [4.78, 5) is 25.3. The summed E-state index contributed by atoms with van der Waals surface area (Å²) in [6.45, 7) is 2.39. The normalized spacial score (nSPS) is 22.4. The van der Waals surface area contributed by atoms with Crippen molar-refractivity contribution in [3.05, 3.63) is 35.9 Å². The van der Waals surface area contributed by atoms with Gasteiger partial charge in [-0.1, -0.05) is 12.1 Å². The molecule has 0 spiro atoms. The predicted octanol–water partition coefficient (Wildman–Crippen LogP) is 1.39. The first-order valence-electron chi connectivity index (χ1n) is 7.11. The van der Waals surface area contributed by atoms with Crippen molar-refractivity contribution < 1.29 is 9.59 Å². The molecule has 1 aliphatic heterocycles. The van der Waals surface area contributed by atoms with Gasteiger partial charge in [0.1, 0.15) is 0 Å². The molecular weight excluding hydrogens is 266 g/mol. The van der Waals surface area contributed by atoms with Crippen LogP contribution in [0.25, 0.3) is 6.08 Å². The van der Waals surface area contributed by atoms with Crippen molar-refractivity contribution in [1.82, 2.24) is 4.90 Å². The maximum atomic E-state index is 12.3. The molecule has 21 heavy (non-hydrogen) atoms. The molecule has 5 nitrogen and oxygen atoms in total. The van der Waals surface area contributed by atoms with E-state index in [1.807, 2.05) is 19.1 Å². The van der Waals surface area contributed by atoms with Gasteiger partial charge in [0.15, 0.2) is 0 Å². The zero-order valence-electron chi connectivity index (χ0n) is 12.2. The standard InChI is InChI=1S/C16H21N3O2/c1-11-5-7-13(16(18)21)10-19(11)15(20)8-6-12-3-2-4-14(17)9-12/h2-4,6,8-9,11,13H,5,7,10,17H2,1H3,(H2,18,21)/b8-6+. The van der Waals surface area contributed by atoms with Gasteiger partial charge in [-0.3, -0.25) is 9.59 Å². The molecule has 1 aromatic rings. The number of carbonyl (C=O) groups excluding carboxylic acids is 2. The minimum Gasteiger partial charge on any atom is -0.399 e. The zero-order chi connectivity index (χ0) is 15.4. The van der Waals surface area contributed by atoms with Gasteiger partial charge in [0.05, 0.1) is 5.92 Å². The highest BCUT2D eigenvalue weighted by atomic mass is 16.2. The van der Waals surface area contributed by atoms with Crippen LogP contribution in [0, 0.1) is 5.92 Å². The Kier molecular flexibility index (Phi) is 4.62. The number of amides is 2. The fraction of sp³-hybridized carbons (Fsp3) is 0.375. The van der Waals surface area contributed by atoms with Gasteiger partial charge in [0, 0.05) is 24.4 Å². The van der Waals surface area contributed by atoms with Gasteiger partial charge >= 0.3 is 0 Å². The summed E-state index contributed by atoms with van der Waals surface area (Å²) < 4.78 is 0. The van der Waals surface area contributed by atoms with Gasteiger partial charge < -0.3 is 16.4 Å². The first-order chi connectivity index (χ1) is 9.97. The monoisotopic (exact) mass is 287 g/mol. The molecule has 0 radical (unpaired) electrons. The number of hydrogen-bond donors (Lipinski definition) is 2. The van der Waals surface area contributed by atoms with E-state index < -0.39 is 0 Å². The van der Waals surface area contributed by atoms with Gasteiger partial charge in [-0.25, -0.2) is 0 Å². The van der Waals surface area contributed by atoms with Crippen LogP contribution in [0.15, 0.2) is 30.3 Å². The number of benzene rings is 1. The maximum absolute atomic E-state index is 12.3. The summed E-state index contributed by atoms with van der Waals surface area (Å²) in [7, 11) is 0. The second-order valence-electron chi connectivity index (χ2n) is 5.52. The van der Waals surface area contributed by atoms with Crippen LogP contribution in [0.5, 0.6) is 0 Å². The van der Waals surface area contributed by atoms with Gasteiger partial charge in [-0.05, 0) is 43.5 Å². The molecule has 1 aromatic carbocycles. The summed E-state index contributed by atoms with van der Waals surface area (Å²) in [5.74, 6) is -0.679. The Balaban J connectivity index is 2.06. The lowest BCUT2D eigenvalue weighted by molar-refractivity contribution is -0.133. The quantitative estimate of drug-likeness (QED) is 0.650. The Morgan fingerprint density at radius 1 is 1.33 bits per heavy atom. The summed E-state index contributed by atoms with van der Waals surface area (Å²) in [6, 6.07) is 7.44. The number of nitrogens with zero attached hydrogens (tertiary/aromatic N) is 1. The average molecular weight is 287 g/mol. The van der Waals surface area contributed by atoms with E-state index in [4.69, 9.17) is 11.5 Å². The lowest BCUT2D eigenvalue weighted by Gasteiger charge is -2.36. The Labute approximate surface area is 124 Å². The number of anilines is 1. The molecule has 5 heteroatoms. The maximum Gasteiger partial charge on any atom is 0.246 e. The second-order valence-corrected chi connectivity index (χ2v) is 5.52. The number of nitrogens with two attached hydrogens (primary N) is 2. The highest BCUT2D eigenvalue weighted by molar-refractivity contribution is 5.92. The number of carbonyl (C=O) groups is 2. The van der Waals surface area contributed by atoms with E-state index in [0.29, 0.717) is 12.2 Å². The van der Waals surface area contributed by atoms with Crippen LogP contribution in [-0.4, -0.2) is 29.3 Å². The van der Waals surface area contributed by atoms with Crippen molar-refractivity contribution in [2.45, 2.75) is 25.8 Å². The Morgan fingerprint density at radius 2 is 2.10 bits per heavy atom. The Bertz CT molecular complexity index is 568. The first-order valence-corrected chi connectivity index (χ1v) is 7.11. The summed E-state index contributed by atoms with van der Waals surface area (Å²) in [5.41, 5.74) is 12.6. The summed E-state index contributed by atoms with van der Waals surface area (Å²) >= 11 is 0. The Hall–Kier alpha value is -2.30. The molecule has 1 aliphatic rings. The third-order valence-corrected chi connectivity index (χ3v) is 3.90. The molecule has 1 heterocycles. The number of primary amides is 1. The first kappa shape index (κ1) is 15.1. The average Bonchev–Trinajstić information content (AvgIpc) is 2.45. The molecule has 0 aliphatic carbocycles.